The molecule has 1 N–H and O–H groups in total. The van der Waals surface area contributed by atoms with Crippen molar-refractivity contribution in [3.05, 3.63) is 17.2 Å². The summed E-state index contributed by atoms with van der Waals surface area (Å²) in [6.07, 6.45) is 8.38. The third kappa shape index (κ3) is 4.80. The summed E-state index contributed by atoms with van der Waals surface area (Å²) in [4.78, 5) is 4.68. The summed E-state index contributed by atoms with van der Waals surface area (Å²) in [6, 6.07) is 2.13. The van der Waals surface area contributed by atoms with Gasteiger partial charge in [0, 0.05) is 10.9 Å². The molecule has 1 aliphatic rings. The topological polar surface area (TPSA) is 42.4 Å². The highest BCUT2D eigenvalue weighted by atomic mass is 28.3. The van der Waals surface area contributed by atoms with Gasteiger partial charge in [0.15, 0.2) is 0 Å². The quantitative estimate of drug-likeness (QED) is 0.786. The number of rotatable bonds is 6. The van der Waals surface area contributed by atoms with E-state index in [1.165, 1.54) is 32.1 Å². The maximum Gasteiger partial charge on any atom is 0.216 e. The average molecular weight is 336 g/mol. The van der Waals surface area contributed by atoms with Crippen LogP contribution >= 0.6 is 0 Å². The lowest BCUT2D eigenvalue weighted by Crippen LogP contribution is -2.40. The highest BCUT2D eigenvalue weighted by Crippen LogP contribution is 2.32. The maximum atomic E-state index is 10.8. The van der Waals surface area contributed by atoms with Gasteiger partial charge in [0.2, 0.25) is 5.88 Å². The van der Waals surface area contributed by atoms with Crippen LogP contribution in [0.1, 0.15) is 62.2 Å². The summed E-state index contributed by atoms with van der Waals surface area (Å²) in [7, 11) is 0.130. The monoisotopic (exact) mass is 335 g/mol. The van der Waals surface area contributed by atoms with Crippen molar-refractivity contribution in [2.75, 3.05) is 7.11 Å². The minimum absolute atomic E-state index is 0.399. The fourth-order valence-corrected chi connectivity index (χ4v) is 4.58. The summed E-state index contributed by atoms with van der Waals surface area (Å²) in [5.74, 6) is 1.48. The third-order valence-electron chi connectivity index (χ3n) is 5.16. The van der Waals surface area contributed by atoms with Crippen LogP contribution in [0.25, 0.3) is 0 Å². The van der Waals surface area contributed by atoms with E-state index in [9.17, 15) is 5.11 Å². The molecule has 4 heteroatoms. The van der Waals surface area contributed by atoms with Gasteiger partial charge in [-0.25, -0.2) is 4.98 Å². The molecule has 1 atom stereocenters. The first kappa shape index (κ1) is 18.5. The zero-order valence-electron chi connectivity index (χ0n) is 15.5. The Hall–Kier alpha value is -0.873. The molecule has 1 heterocycles. The van der Waals surface area contributed by atoms with Crippen LogP contribution in [0.5, 0.6) is 5.88 Å². The maximum absolute atomic E-state index is 10.8. The predicted octanol–water partition coefficient (Wildman–Crippen LogP) is 4.34. The Labute approximate surface area is 142 Å². The van der Waals surface area contributed by atoms with Crippen LogP contribution in [0.15, 0.2) is 6.07 Å². The Morgan fingerprint density at radius 2 is 1.91 bits per heavy atom. The summed E-state index contributed by atoms with van der Waals surface area (Å²) in [5.41, 5.74) is 2.01. The Morgan fingerprint density at radius 1 is 1.26 bits per heavy atom. The molecule has 1 fully saturated rings. The molecule has 23 heavy (non-hydrogen) atoms. The molecule has 0 aromatic carbocycles. The number of hydrogen-bond acceptors (Lipinski definition) is 3. The molecule has 0 aliphatic heterocycles. The van der Waals surface area contributed by atoms with E-state index < -0.39 is 14.2 Å². The molecule has 1 saturated carbocycles. The Balaban J connectivity index is 2.15. The van der Waals surface area contributed by atoms with E-state index >= 15 is 0 Å². The average Bonchev–Trinajstić information content (AvgIpc) is 2.52. The zero-order chi connectivity index (χ0) is 17.0. The Kier molecular flexibility index (Phi) is 6.26. The highest BCUT2D eigenvalue weighted by molar-refractivity contribution is 6.88. The van der Waals surface area contributed by atoms with Gasteiger partial charge in [-0.2, -0.15) is 0 Å². The van der Waals surface area contributed by atoms with Crippen molar-refractivity contribution in [2.45, 2.75) is 77.6 Å². The Bertz CT molecular complexity index is 519. The second kappa shape index (κ2) is 7.80. The largest absolute Gasteiger partial charge is 0.481 e. The molecule has 0 saturated heterocycles. The second-order valence-electron chi connectivity index (χ2n) is 8.08. The minimum Gasteiger partial charge on any atom is -0.481 e. The second-order valence-corrected chi connectivity index (χ2v) is 13.1. The number of methoxy groups -OCH3 is 1. The summed E-state index contributed by atoms with van der Waals surface area (Å²) in [5, 5.41) is 11.9. The van der Waals surface area contributed by atoms with Crippen molar-refractivity contribution in [2.24, 2.45) is 5.92 Å². The minimum atomic E-state index is -1.54. The molecule has 0 spiro atoms. The molecule has 0 bridgehead atoms. The SMILES string of the molecule is COc1nc([Si](C)(C)C)cc(C(O)CCC2CCCCC2)c1C. The van der Waals surface area contributed by atoms with Gasteiger partial charge in [-0.3, -0.25) is 0 Å². The summed E-state index contributed by atoms with van der Waals surface area (Å²) in [6.45, 7) is 8.85. The van der Waals surface area contributed by atoms with Gasteiger partial charge in [-0.15, -0.1) is 0 Å². The van der Waals surface area contributed by atoms with Crippen LogP contribution < -0.4 is 10.1 Å². The van der Waals surface area contributed by atoms with E-state index in [4.69, 9.17) is 4.74 Å². The van der Waals surface area contributed by atoms with E-state index in [-0.39, 0.29) is 0 Å². The van der Waals surface area contributed by atoms with E-state index in [0.29, 0.717) is 5.88 Å². The molecule has 3 nitrogen and oxygen atoms in total. The van der Waals surface area contributed by atoms with Crippen LogP contribution in [0.2, 0.25) is 19.6 Å². The molecule has 0 radical (unpaired) electrons. The van der Waals surface area contributed by atoms with Gasteiger partial charge in [-0.1, -0.05) is 51.7 Å². The molecule has 1 unspecified atom stereocenters. The van der Waals surface area contributed by atoms with Gasteiger partial charge in [0.05, 0.1) is 13.2 Å². The van der Waals surface area contributed by atoms with Crippen LogP contribution in [0.3, 0.4) is 0 Å². The van der Waals surface area contributed by atoms with Crippen molar-refractivity contribution in [1.29, 1.82) is 0 Å². The number of nitrogens with zero attached hydrogens (tertiary/aromatic N) is 1. The lowest BCUT2D eigenvalue weighted by atomic mass is 9.85. The molecule has 1 aromatic heterocycles. The van der Waals surface area contributed by atoms with Gasteiger partial charge in [0.1, 0.15) is 8.07 Å². The van der Waals surface area contributed by atoms with Crippen LogP contribution in [-0.2, 0) is 0 Å². The smallest absolute Gasteiger partial charge is 0.216 e. The van der Waals surface area contributed by atoms with E-state index in [1.807, 2.05) is 6.92 Å². The highest BCUT2D eigenvalue weighted by Gasteiger charge is 2.24. The van der Waals surface area contributed by atoms with Gasteiger partial charge < -0.3 is 9.84 Å². The molecular formula is C19H33NO2Si. The molecule has 1 aromatic rings. The van der Waals surface area contributed by atoms with Crippen LogP contribution in [0.4, 0.5) is 0 Å². The lowest BCUT2D eigenvalue weighted by Gasteiger charge is -2.25. The van der Waals surface area contributed by atoms with Gasteiger partial charge in [0.25, 0.3) is 0 Å². The van der Waals surface area contributed by atoms with E-state index in [2.05, 4.69) is 30.7 Å². The van der Waals surface area contributed by atoms with Gasteiger partial charge >= 0.3 is 0 Å². The standard InChI is InChI=1S/C19H33NO2Si/c1-14-16(13-18(23(3,4)5)20-19(14)22-2)17(21)12-11-15-9-7-6-8-10-15/h13,15,17,21H,6-12H2,1-5H3. The summed E-state index contributed by atoms with van der Waals surface area (Å²) >= 11 is 0. The molecule has 2 rings (SSSR count). The third-order valence-corrected chi connectivity index (χ3v) is 6.95. The fourth-order valence-electron chi connectivity index (χ4n) is 3.56. The van der Waals surface area contributed by atoms with Gasteiger partial charge in [-0.05, 0) is 37.3 Å². The zero-order valence-corrected chi connectivity index (χ0v) is 16.5. The molecular weight excluding hydrogens is 302 g/mol. The first-order valence-corrected chi connectivity index (χ1v) is 12.6. The molecule has 0 amide bonds. The first-order valence-electron chi connectivity index (χ1n) is 9.07. The van der Waals surface area contributed by atoms with Crippen LogP contribution in [-0.4, -0.2) is 25.3 Å². The number of hydrogen-bond donors (Lipinski definition) is 1. The normalized spacial score (nSPS) is 18.0. The van der Waals surface area contributed by atoms with Crippen molar-refractivity contribution < 1.29 is 9.84 Å². The Morgan fingerprint density at radius 3 is 2.48 bits per heavy atom. The van der Waals surface area contributed by atoms with Crippen molar-refractivity contribution in [3.63, 3.8) is 0 Å². The lowest BCUT2D eigenvalue weighted by molar-refractivity contribution is 0.150. The number of ether oxygens (including phenoxy) is 1. The number of pyridine rings is 1. The van der Waals surface area contributed by atoms with E-state index in [1.54, 1.807) is 7.11 Å². The number of aliphatic hydroxyl groups is 1. The van der Waals surface area contributed by atoms with E-state index in [0.717, 1.165) is 35.2 Å². The molecule has 1 aliphatic carbocycles. The number of aromatic nitrogens is 1. The van der Waals surface area contributed by atoms with Crippen molar-refractivity contribution in [1.82, 2.24) is 4.98 Å². The fraction of sp³-hybridized carbons (Fsp3) is 0.737. The summed E-state index contributed by atoms with van der Waals surface area (Å²) < 4.78 is 5.47. The molecule has 130 valence electrons. The first-order chi connectivity index (χ1) is 10.8. The predicted molar refractivity (Wildman–Crippen MR) is 99.3 cm³/mol. The van der Waals surface area contributed by atoms with Crippen molar-refractivity contribution in [3.8, 4) is 5.88 Å². The van der Waals surface area contributed by atoms with Crippen LogP contribution in [0, 0.1) is 12.8 Å². The van der Waals surface area contributed by atoms with Crippen molar-refractivity contribution >= 4 is 13.4 Å². The number of aliphatic hydroxyl groups excluding tert-OH is 1.